The minimum atomic E-state index is -0.108. The summed E-state index contributed by atoms with van der Waals surface area (Å²) in [5, 5.41) is 9.12. The number of hydrogen-bond donors (Lipinski definition) is 4. The summed E-state index contributed by atoms with van der Waals surface area (Å²) in [6, 6.07) is 14.1. The first kappa shape index (κ1) is 33.6. The van der Waals surface area contributed by atoms with E-state index in [2.05, 4.69) is 61.8 Å². The van der Waals surface area contributed by atoms with E-state index in [1.165, 1.54) is 36.2 Å². The number of benzene rings is 1. The fourth-order valence-electron chi connectivity index (χ4n) is 4.46. The molecule has 0 bridgehead atoms. The SMILES string of the molecule is CN(CCCCCCCNC(=O)NCCSCc1csc(N=C(N)N)n1)CCC(c1ccc(Cl)cc1)c1ccccn1. The summed E-state index contributed by atoms with van der Waals surface area (Å²) in [5.74, 6) is 1.83. The van der Waals surface area contributed by atoms with Crippen LogP contribution in [0.5, 0.6) is 0 Å². The predicted molar refractivity (Wildman–Crippen MR) is 178 cm³/mol. The molecule has 9 nitrogen and oxygen atoms in total. The summed E-state index contributed by atoms with van der Waals surface area (Å²) in [6.07, 6.45) is 8.53. The molecule has 228 valence electrons. The lowest BCUT2D eigenvalue weighted by Crippen LogP contribution is -2.37. The maximum Gasteiger partial charge on any atom is 0.314 e. The van der Waals surface area contributed by atoms with Crippen molar-refractivity contribution in [3.63, 3.8) is 0 Å². The predicted octanol–water partition coefficient (Wildman–Crippen LogP) is 5.73. The van der Waals surface area contributed by atoms with Crippen LogP contribution in [0.15, 0.2) is 59.0 Å². The van der Waals surface area contributed by atoms with E-state index < -0.39 is 0 Å². The zero-order valence-electron chi connectivity index (χ0n) is 24.3. The van der Waals surface area contributed by atoms with Crippen molar-refractivity contribution < 1.29 is 4.79 Å². The Morgan fingerprint density at radius 2 is 1.81 bits per heavy atom. The van der Waals surface area contributed by atoms with Crippen LogP contribution in [-0.2, 0) is 5.75 Å². The number of unbranched alkanes of at least 4 members (excludes halogenated alkanes) is 4. The highest BCUT2D eigenvalue weighted by Gasteiger charge is 2.16. The number of rotatable bonds is 19. The molecule has 1 atom stereocenters. The van der Waals surface area contributed by atoms with Gasteiger partial charge in [0.25, 0.3) is 0 Å². The molecule has 2 aromatic heterocycles. The monoisotopic (exact) mass is 630 g/mol. The van der Waals surface area contributed by atoms with Crippen LogP contribution in [-0.4, -0.2) is 65.8 Å². The number of guanidine groups is 1. The molecule has 2 amide bonds. The van der Waals surface area contributed by atoms with Gasteiger partial charge in [0.2, 0.25) is 5.13 Å². The molecule has 42 heavy (non-hydrogen) atoms. The van der Waals surface area contributed by atoms with Gasteiger partial charge in [-0.25, -0.2) is 9.78 Å². The standard InChI is InChI=1S/C30H43ClN8OS2/c1-39(19-14-26(27-9-5-7-15-34-27)23-10-12-24(31)13-11-23)18-8-4-2-3-6-16-35-29(40)36-17-20-41-21-25-22-42-30(37-25)38-28(32)33/h5,7,9-13,15,22,26H,2-4,6,8,14,16-21H2,1H3,(H2,35,36,40)(H4,32,33,37,38). The number of hydrogen-bond acceptors (Lipinski definition) is 7. The maximum absolute atomic E-state index is 12.0. The van der Waals surface area contributed by atoms with Crippen LogP contribution in [0.4, 0.5) is 9.93 Å². The summed E-state index contributed by atoms with van der Waals surface area (Å²) >= 11 is 9.23. The van der Waals surface area contributed by atoms with Crippen LogP contribution in [0, 0.1) is 0 Å². The van der Waals surface area contributed by atoms with Crippen LogP contribution >= 0.6 is 34.7 Å². The van der Waals surface area contributed by atoms with Crippen LogP contribution in [0.3, 0.4) is 0 Å². The Morgan fingerprint density at radius 1 is 1.05 bits per heavy atom. The lowest BCUT2D eigenvalue weighted by Gasteiger charge is -2.22. The second-order valence-electron chi connectivity index (χ2n) is 10.1. The molecule has 0 aliphatic heterocycles. The number of carbonyl (C=O) groups is 1. The van der Waals surface area contributed by atoms with Crippen LogP contribution in [0.2, 0.25) is 5.02 Å². The van der Waals surface area contributed by atoms with Crippen molar-refractivity contribution in [2.24, 2.45) is 16.5 Å². The average molecular weight is 631 g/mol. The van der Waals surface area contributed by atoms with Crippen molar-refractivity contribution in [1.29, 1.82) is 0 Å². The van der Waals surface area contributed by atoms with Gasteiger partial charge in [0.05, 0.1) is 5.69 Å². The Kier molecular flexibility index (Phi) is 15.5. The number of carbonyl (C=O) groups excluding carboxylic acids is 1. The third-order valence-electron chi connectivity index (χ3n) is 6.67. The van der Waals surface area contributed by atoms with Gasteiger partial charge in [-0.15, -0.1) is 11.3 Å². The lowest BCUT2D eigenvalue weighted by molar-refractivity contribution is 0.241. The van der Waals surface area contributed by atoms with Gasteiger partial charge < -0.3 is 27.0 Å². The van der Waals surface area contributed by atoms with Crippen LogP contribution in [0.25, 0.3) is 0 Å². The van der Waals surface area contributed by atoms with Crippen molar-refractivity contribution in [3.05, 3.63) is 76.0 Å². The zero-order valence-corrected chi connectivity index (χ0v) is 26.7. The number of urea groups is 1. The van der Waals surface area contributed by atoms with Gasteiger partial charge in [0, 0.05) is 52.8 Å². The van der Waals surface area contributed by atoms with Gasteiger partial charge in [-0.05, 0) is 69.2 Å². The van der Waals surface area contributed by atoms with E-state index in [1.54, 1.807) is 11.8 Å². The van der Waals surface area contributed by atoms with Gasteiger partial charge in [0.1, 0.15) is 0 Å². The molecule has 1 aromatic carbocycles. The summed E-state index contributed by atoms with van der Waals surface area (Å²) in [4.78, 5) is 27.3. The molecule has 0 fully saturated rings. The minimum Gasteiger partial charge on any atom is -0.370 e. The Labute approximate surface area is 262 Å². The maximum atomic E-state index is 12.0. The van der Waals surface area contributed by atoms with E-state index in [0.29, 0.717) is 18.2 Å². The number of nitrogens with two attached hydrogens (primary N) is 2. The number of thioether (sulfide) groups is 1. The molecule has 0 saturated heterocycles. The smallest absolute Gasteiger partial charge is 0.314 e. The van der Waals surface area contributed by atoms with Gasteiger partial charge in [-0.2, -0.15) is 16.8 Å². The number of nitrogens with one attached hydrogen (secondary N) is 2. The van der Waals surface area contributed by atoms with Crippen LogP contribution < -0.4 is 22.1 Å². The van der Waals surface area contributed by atoms with E-state index in [0.717, 1.165) is 60.3 Å². The van der Waals surface area contributed by atoms with E-state index in [1.807, 2.05) is 29.8 Å². The van der Waals surface area contributed by atoms with E-state index in [-0.39, 0.29) is 17.9 Å². The Balaban J connectivity index is 1.18. The van der Waals surface area contributed by atoms with E-state index >= 15 is 0 Å². The first-order valence-electron chi connectivity index (χ1n) is 14.4. The highest BCUT2D eigenvalue weighted by atomic mass is 35.5. The molecule has 3 aromatic rings. The quantitative estimate of drug-likeness (QED) is 0.0754. The van der Waals surface area contributed by atoms with E-state index in [4.69, 9.17) is 23.1 Å². The Morgan fingerprint density at radius 3 is 2.57 bits per heavy atom. The molecule has 1 unspecified atom stereocenters. The molecule has 2 heterocycles. The molecule has 0 aliphatic rings. The fourth-order valence-corrected chi connectivity index (χ4v) is 6.15. The fraction of sp³-hybridized carbons (Fsp3) is 0.467. The highest BCUT2D eigenvalue weighted by Crippen LogP contribution is 2.28. The lowest BCUT2D eigenvalue weighted by atomic mass is 9.92. The highest BCUT2D eigenvalue weighted by molar-refractivity contribution is 7.98. The molecule has 0 spiro atoms. The number of halogens is 1. The van der Waals surface area contributed by atoms with Crippen molar-refractivity contribution in [2.75, 3.05) is 39.0 Å². The average Bonchev–Trinajstić information content (AvgIpc) is 3.42. The van der Waals surface area contributed by atoms with Crippen LogP contribution in [0.1, 0.15) is 61.4 Å². The Hall–Kier alpha value is -2.86. The van der Waals surface area contributed by atoms with E-state index in [9.17, 15) is 4.79 Å². The number of amides is 2. The summed E-state index contributed by atoms with van der Waals surface area (Å²) in [5.41, 5.74) is 14.0. The van der Waals surface area contributed by atoms with Gasteiger partial charge in [0.15, 0.2) is 5.96 Å². The molecule has 0 radical (unpaired) electrons. The van der Waals surface area contributed by atoms with Crippen molar-refractivity contribution in [2.45, 2.75) is 50.2 Å². The first-order valence-corrected chi connectivity index (χ1v) is 16.8. The summed E-state index contributed by atoms with van der Waals surface area (Å²) in [6.45, 7) is 3.39. The van der Waals surface area contributed by atoms with Gasteiger partial charge >= 0.3 is 6.03 Å². The molecule has 12 heteroatoms. The van der Waals surface area contributed by atoms with Gasteiger partial charge in [-0.3, -0.25) is 4.98 Å². The van der Waals surface area contributed by atoms with Crippen molar-refractivity contribution in [1.82, 2.24) is 25.5 Å². The molecule has 3 rings (SSSR count). The summed E-state index contributed by atoms with van der Waals surface area (Å²) in [7, 11) is 2.20. The van der Waals surface area contributed by atoms with Gasteiger partial charge in [-0.1, -0.05) is 49.1 Å². The number of aromatic nitrogens is 2. The molecule has 0 aliphatic carbocycles. The van der Waals surface area contributed by atoms with Crippen molar-refractivity contribution in [3.8, 4) is 0 Å². The normalized spacial score (nSPS) is 11.8. The molecular formula is C30H43ClN8OS2. The number of aliphatic imine (C=N–C) groups is 1. The molecule has 0 saturated carbocycles. The number of nitrogens with zero attached hydrogens (tertiary/aromatic N) is 4. The third kappa shape index (κ3) is 13.4. The zero-order chi connectivity index (χ0) is 30.0. The first-order chi connectivity index (χ1) is 20.4. The Bertz CT molecular complexity index is 1210. The second kappa shape index (κ2) is 19.4. The molecular weight excluding hydrogens is 588 g/mol. The summed E-state index contributed by atoms with van der Waals surface area (Å²) < 4.78 is 0. The number of pyridine rings is 1. The second-order valence-corrected chi connectivity index (χ2v) is 12.5. The third-order valence-corrected chi connectivity index (χ3v) is 8.69. The topological polar surface area (TPSA) is 135 Å². The largest absolute Gasteiger partial charge is 0.370 e. The minimum absolute atomic E-state index is 0.00958. The number of thiazole rings is 1. The van der Waals surface area contributed by atoms with Crippen molar-refractivity contribution >= 4 is 51.8 Å². The molecule has 6 N–H and O–H groups in total.